The first-order valence-electron chi connectivity index (χ1n) is 5.03. The van der Waals surface area contributed by atoms with Crippen LogP contribution in [0.2, 0.25) is 0 Å². The van der Waals surface area contributed by atoms with Crippen molar-refractivity contribution < 1.29 is 9.53 Å². The molecule has 0 radical (unpaired) electrons. The van der Waals surface area contributed by atoms with Gasteiger partial charge in [-0.2, -0.15) is 5.10 Å². The van der Waals surface area contributed by atoms with Gasteiger partial charge in [0.05, 0.1) is 19.3 Å². The van der Waals surface area contributed by atoms with Gasteiger partial charge in [0.25, 0.3) is 0 Å². The van der Waals surface area contributed by atoms with Gasteiger partial charge in [-0.25, -0.2) is 0 Å². The normalized spacial score (nSPS) is 20.6. The van der Waals surface area contributed by atoms with E-state index in [1.807, 2.05) is 4.68 Å². The molecule has 14 heavy (non-hydrogen) atoms. The van der Waals surface area contributed by atoms with Crippen molar-refractivity contribution in [3.63, 3.8) is 0 Å². The molecule has 0 bridgehead atoms. The monoisotopic (exact) mass is 192 g/mol. The molecular formula is C10H12N2O2. The SMILES string of the molecule is O=Cc1nn(C2CC2)c2c1COCC2. The van der Waals surface area contributed by atoms with E-state index >= 15 is 0 Å². The summed E-state index contributed by atoms with van der Waals surface area (Å²) < 4.78 is 7.38. The van der Waals surface area contributed by atoms with Gasteiger partial charge in [0.1, 0.15) is 5.69 Å². The number of nitrogens with zero attached hydrogens (tertiary/aromatic N) is 2. The van der Waals surface area contributed by atoms with Crippen molar-refractivity contribution in [2.24, 2.45) is 0 Å². The van der Waals surface area contributed by atoms with Crippen molar-refractivity contribution in [2.45, 2.75) is 31.9 Å². The van der Waals surface area contributed by atoms with Gasteiger partial charge in [-0.15, -0.1) is 0 Å². The van der Waals surface area contributed by atoms with E-state index in [4.69, 9.17) is 4.74 Å². The molecule has 0 amide bonds. The van der Waals surface area contributed by atoms with Gasteiger partial charge in [-0.1, -0.05) is 0 Å². The minimum absolute atomic E-state index is 0.551. The van der Waals surface area contributed by atoms with Crippen molar-refractivity contribution >= 4 is 6.29 Å². The lowest BCUT2D eigenvalue weighted by Gasteiger charge is -2.14. The molecule has 1 aromatic heterocycles. The highest BCUT2D eigenvalue weighted by Gasteiger charge is 2.30. The van der Waals surface area contributed by atoms with E-state index in [0.717, 1.165) is 24.9 Å². The zero-order chi connectivity index (χ0) is 9.54. The Morgan fingerprint density at radius 3 is 3.07 bits per heavy atom. The number of rotatable bonds is 2. The van der Waals surface area contributed by atoms with Crippen LogP contribution in [0.25, 0.3) is 0 Å². The van der Waals surface area contributed by atoms with E-state index in [0.29, 0.717) is 18.3 Å². The predicted octanol–water partition coefficient (Wildman–Crippen LogP) is 1.10. The number of ether oxygens (including phenoxy) is 1. The number of aromatic nitrogens is 2. The van der Waals surface area contributed by atoms with Crippen LogP contribution in [0.15, 0.2) is 0 Å². The fourth-order valence-electron chi connectivity index (χ4n) is 2.00. The van der Waals surface area contributed by atoms with Crippen LogP contribution in [0.4, 0.5) is 0 Å². The third-order valence-electron chi connectivity index (χ3n) is 2.88. The largest absolute Gasteiger partial charge is 0.376 e. The molecule has 1 aromatic rings. The Kier molecular flexibility index (Phi) is 1.70. The number of hydrogen-bond acceptors (Lipinski definition) is 3. The van der Waals surface area contributed by atoms with Crippen LogP contribution in [0.3, 0.4) is 0 Å². The fraction of sp³-hybridized carbons (Fsp3) is 0.600. The lowest BCUT2D eigenvalue weighted by Crippen LogP contribution is -2.13. The number of fused-ring (bicyclic) bond motifs is 1. The number of hydrogen-bond donors (Lipinski definition) is 0. The molecule has 2 heterocycles. The maximum atomic E-state index is 10.8. The van der Waals surface area contributed by atoms with Gasteiger partial charge in [0.2, 0.25) is 0 Å². The molecule has 74 valence electrons. The van der Waals surface area contributed by atoms with Crippen LogP contribution in [0.5, 0.6) is 0 Å². The molecule has 0 N–H and O–H groups in total. The molecule has 1 aliphatic carbocycles. The minimum atomic E-state index is 0.551. The van der Waals surface area contributed by atoms with Crippen molar-refractivity contribution in [3.05, 3.63) is 17.0 Å². The summed E-state index contributed by atoms with van der Waals surface area (Å²) in [6.07, 6.45) is 4.14. The zero-order valence-corrected chi connectivity index (χ0v) is 7.90. The maximum absolute atomic E-state index is 10.8. The highest BCUT2D eigenvalue weighted by Crippen LogP contribution is 2.37. The standard InChI is InChI=1S/C10H12N2O2/c13-5-9-8-6-14-4-3-10(8)12(11-9)7-1-2-7/h5,7H,1-4,6H2. The minimum Gasteiger partial charge on any atom is -0.376 e. The Morgan fingerprint density at radius 1 is 1.50 bits per heavy atom. The molecule has 0 atom stereocenters. The second kappa shape index (κ2) is 2.92. The fourth-order valence-corrected chi connectivity index (χ4v) is 2.00. The Bertz CT molecular complexity index is 380. The van der Waals surface area contributed by atoms with Crippen molar-refractivity contribution in [2.75, 3.05) is 6.61 Å². The zero-order valence-electron chi connectivity index (χ0n) is 7.90. The summed E-state index contributed by atoms with van der Waals surface area (Å²) in [5.41, 5.74) is 2.81. The Morgan fingerprint density at radius 2 is 2.36 bits per heavy atom. The molecular weight excluding hydrogens is 180 g/mol. The first-order valence-corrected chi connectivity index (χ1v) is 5.03. The van der Waals surface area contributed by atoms with E-state index in [9.17, 15) is 4.79 Å². The van der Waals surface area contributed by atoms with E-state index in [-0.39, 0.29) is 0 Å². The van der Waals surface area contributed by atoms with Crippen LogP contribution >= 0.6 is 0 Å². The molecule has 0 unspecified atom stereocenters. The van der Waals surface area contributed by atoms with Crippen molar-refractivity contribution in [1.82, 2.24) is 9.78 Å². The molecule has 1 fully saturated rings. The molecule has 4 nitrogen and oxygen atoms in total. The van der Waals surface area contributed by atoms with E-state index in [1.54, 1.807) is 0 Å². The third kappa shape index (κ3) is 1.10. The first kappa shape index (κ1) is 8.17. The second-order valence-electron chi connectivity index (χ2n) is 3.91. The smallest absolute Gasteiger partial charge is 0.170 e. The summed E-state index contributed by atoms with van der Waals surface area (Å²) in [6, 6.07) is 0.551. The summed E-state index contributed by atoms with van der Waals surface area (Å²) in [5.74, 6) is 0. The molecule has 1 saturated carbocycles. The van der Waals surface area contributed by atoms with Crippen molar-refractivity contribution in [3.8, 4) is 0 Å². The van der Waals surface area contributed by atoms with E-state index in [1.165, 1.54) is 18.5 Å². The van der Waals surface area contributed by atoms with E-state index < -0.39 is 0 Å². The lowest BCUT2D eigenvalue weighted by atomic mass is 10.1. The average Bonchev–Trinajstić information content (AvgIpc) is 3.00. The second-order valence-corrected chi connectivity index (χ2v) is 3.91. The highest BCUT2D eigenvalue weighted by atomic mass is 16.5. The van der Waals surface area contributed by atoms with Gasteiger partial charge in [-0.3, -0.25) is 9.48 Å². The summed E-state index contributed by atoms with van der Waals surface area (Å²) in [5, 5.41) is 4.34. The number of carbonyl (C=O) groups excluding carboxylic acids is 1. The summed E-state index contributed by atoms with van der Waals surface area (Å²) in [6.45, 7) is 1.31. The first-order chi connectivity index (χ1) is 6.90. The van der Waals surface area contributed by atoms with Crippen LogP contribution in [-0.2, 0) is 17.8 Å². The quantitative estimate of drug-likeness (QED) is 0.659. The Hall–Kier alpha value is -1.16. The average molecular weight is 192 g/mol. The number of carbonyl (C=O) groups is 1. The van der Waals surface area contributed by atoms with Crippen molar-refractivity contribution in [1.29, 1.82) is 0 Å². The van der Waals surface area contributed by atoms with E-state index in [2.05, 4.69) is 5.10 Å². The Balaban J connectivity index is 2.11. The molecule has 1 aliphatic heterocycles. The van der Waals surface area contributed by atoms with Crippen LogP contribution in [0.1, 0.15) is 40.6 Å². The van der Waals surface area contributed by atoms with Gasteiger partial charge in [-0.05, 0) is 12.8 Å². The van der Waals surface area contributed by atoms with Gasteiger partial charge >= 0.3 is 0 Å². The molecule has 0 saturated heterocycles. The van der Waals surface area contributed by atoms with Crippen LogP contribution < -0.4 is 0 Å². The van der Waals surface area contributed by atoms with Gasteiger partial charge in [0, 0.05) is 17.7 Å². The molecule has 0 spiro atoms. The maximum Gasteiger partial charge on any atom is 0.170 e. The Labute approximate surface area is 81.9 Å². The molecule has 2 aliphatic rings. The lowest BCUT2D eigenvalue weighted by molar-refractivity contribution is 0.104. The van der Waals surface area contributed by atoms with Crippen LogP contribution in [-0.4, -0.2) is 22.7 Å². The topological polar surface area (TPSA) is 44.1 Å². The molecule has 0 aromatic carbocycles. The summed E-state index contributed by atoms with van der Waals surface area (Å²) >= 11 is 0. The predicted molar refractivity (Wildman–Crippen MR) is 49.2 cm³/mol. The molecule has 3 rings (SSSR count). The van der Waals surface area contributed by atoms with Gasteiger partial charge < -0.3 is 4.74 Å². The third-order valence-corrected chi connectivity index (χ3v) is 2.88. The number of aldehydes is 1. The summed E-state index contributed by atoms with van der Waals surface area (Å²) in [7, 11) is 0. The van der Waals surface area contributed by atoms with Crippen LogP contribution in [0, 0.1) is 0 Å². The summed E-state index contributed by atoms with van der Waals surface area (Å²) in [4.78, 5) is 10.8. The highest BCUT2D eigenvalue weighted by molar-refractivity contribution is 5.74. The molecule has 4 heteroatoms. The van der Waals surface area contributed by atoms with Gasteiger partial charge in [0.15, 0.2) is 6.29 Å².